The maximum atomic E-state index is 10.5. The summed E-state index contributed by atoms with van der Waals surface area (Å²) in [7, 11) is -2.07. The number of hydrogen-bond acceptors (Lipinski definition) is 3. The van der Waals surface area contributed by atoms with E-state index in [9.17, 15) is 8.42 Å². The molecule has 3 nitrogen and oxygen atoms in total. The normalized spacial score (nSPS) is 11.3. The Kier molecular flexibility index (Phi) is 7.73. The van der Waals surface area contributed by atoms with Crippen molar-refractivity contribution in [2.45, 2.75) is 39.9 Å². The highest BCUT2D eigenvalue weighted by molar-refractivity contribution is 7.87. The lowest BCUT2D eigenvalue weighted by Gasteiger charge is -2.01. The Balaban J connectivity index is 0. The van der Waals surface area contributed by atoms with E-state index in [1.807, 2.05) is 0 Å². The first-order valence-electron chi connectivity index (χ1n) is 4.03. The molecule has 0 aromatic carbocycles. The summed E-state index contributed by atoms with van der Waals surface area (Å²) in [6.45, 7) is 9.64. The first-order chi connectivity index (χ1) is 5.24. The number of rotatable bonds is 2. The average Bonchev–Trinajstić information content (AvgIpc) is 1.86. The maximum Gasteiger partial charge on any atom is 0.269 e. The molecule has 0 bridgehead atoms. The summed E-state index contributed by atoms with van der Waals surface area (Å²) in [5.74, 6) is 0.833. The van der Waals surface area contributed by atoms with Gasteiger partial charge in [-0.05, 0) is 19.8 Å². The van der Waals surface area contributed by atoms with Gasteiger partial charge in [-0.25, -0.2) is 0 Å². The minimum atomic E-state index is -3.24. The van der Waals surface area contributed by atoms with Crippen LogP contribution in [0.15, 0.2) is 0 Å². The third-order valence-corrected chi connectivity index (χ3v) is 2.43. The van der Waals surface area contributed by atoms with Crippen molar-refractivity contribution in [2.75, 3.05) is 7.11 Å². The highest BCUT2D eigenvalue weighted by atomic mass is 32.2. The lowest BCUT2D eigenvalue weighted by Crippen LogP contribution is -2.14. The van der Waals surface area contributed by atoms with Crippen LogP contribution in [0.25, 0.3) is 0 Å². The van der Waals surface area contributed by atoms with Gasteiger partial charge >= 0.3 is 0 Å². The van der Waals surface area contributed by atoms with E-state index in [2.05, 4.69) is 25.0 Å². The van der Waals surface area contributed by atoms with Gasteiger partial charge in [0.05, 0.1) is 12.4 Å². The molecule has 0 aromatic heterocycles. The van der Waals surface area contributed by atoms with Gasteiger partial charge in [0, 0.05) is 0 Å². The van der Waals surface area contributed by atoms with Crippen molar-refractivity contribution in [1.29, 1.82) is 0 Å². The van der Waals surface area contributed by atoms with Crippen LogP contribution < -0.4 is 0 Å². The van der Waals surface area contributed by atoms with Crippen molar-refractivity contribution >= 4 is 10.1 Å². The minimum absolute atomic E-state index is 0.438. The second-order valence-corrected chi connectivity index (χ2v) is 5.70. The van der Waals surface area contributed by atoms with Gasteiger partial charge in [0.1, 0.15) is 0 Å². The van der Waals surface area contributed by atoms with Crippen LogP contribution in [0.1, 0.15) is 34.6 Å². The van der Waals surface area contributed by atoms with Gasteiger partial charge < -0.3 is 0 Å². The summed E-state index contributed by atoms with van der Waals surface area (Å²) < 4.78 is 25.1. The second kappa shape index (κ2) is 6.43. The molecule has 0 aromatic rings. The first-order valence-corrected chi connectivity index (χ1v) is 5.50. The molecule has 0 amide bonds. The van der Waals surface area contributed by atoms with Gasteiger partial charge in [-0.1, -0.05) is 20.8 Å². The summed E-state index contributed by atoms with van der Waals surface area (Å²) in [6.07, 6.45) is 0. The van der Waals surface area contributed by atoms with E-state index in [-0.39, 0.29) is 0 Å². The highest BCUT2D eigenvalue weighted by Gasteiger charge is 2.12. The van der Waals surface area contributed by atoms with Crippen LogP contribution in [0.4, 0.5) is 0 Å². The highest BCUT2D eigenvalue weighted by Crippen LogP contribution is 1.98. The molecule has 0 atom stereocenters. The molecule has 0 aliphatic rings. The molecule has 0 fully saturated rings. The molecule has 0 saturated carbocycles. The summed E-state index contributed by atoms with van der Waals surface area (Å²) in [4.78, 5) is 0. The average molecular weight is 196 g/mol. The van der Waals surface area contributed by atoms with Crippen LogP contribution in [-0.4, -0.2) is 20.8 Å². The van der Waals surface area contributed by atoms with Crippen LogP contribution in [-0.2, 0) is 14.3 Å². The Morgan fingerprint density at radius 1 is 1.00 bits per heavy atom. The van der Waals surface area contributed by atoms with Crippen LogP contribution in [0.5, 0.6) is 0 Å². The SMILES string of the molecule is CC(C)C.COS(=O)(=O)C(C)C. The Bertz CT molecular complexity index is 178. The van der Waals surface area contributed by atoms with Crippen molar-refractivity contribution in [3.05, 3.63) is 0 Å². The van der Waals surface area contributed by atoms with Crippen LogP contribution in [0.2, 0.25) is 0 Å². The summed E-state index contributed by atoms with van der Waals surface area (Å²) in [5, 5.41) is -0.438. The van der Waals surface area contributed by atoms with E-state index in [4.69, 9.17) is 0 Å². The first kappa shape index (κ1) is 14.4. The van der Waals surface area contributed by atoms with Crippen molar-refractivity contribution in [3.63, 3.8) is 0 Å². The minimum Gasteiger partial charge on any atom is -0.273 e. The van der Waals surface area contributed by atoms with Gasteiger partial charge in [0.2, 0.25) is 0 Å². The molecule has 0 saturated heterocycles. The summed E-state index contributed by atoms with van der Waals surface area (Å²) in [5.41, 5.74) is 0. The summed E-state index contributed by atoms with van der Waals surface area (Å²) >= 11 is 0. The van der Waals surface area contributed by atoms with E-state index in [1.54, 1.807) is 13.8 Å². The van der Waals surface area contributed by atoms with Crippen LogP contribution in [0.3, 0.4) is 0 Å². The quantitative estimate of drug-likeness (QED) is 0.635. The number of hydrogen-bond donors (Lipinski definition) is 0. The molecule has 0 rings (SSSR count). The van der Waals surface area contributed by atoms with Crippen molar-refractivity contribution in [1.82, 2.24) is 0 Å². The Hall–Kier alpha value is -0.0900. The molecule has 76 valence electrons. The third kappa shape index (κ3) is 9.91. The Morgan fingerprint density at radius 2 is 1.25 bits per heavy atom. The zero-order chi connectivity index (χ0) is 10.4. The molecule has 0 spiro atoms. The molecule has 0 N–H and O–H groups in total. The van der Waals surface area contributed by atoms with Gasteiger partial charge in [0.15, 0.2) is 0 Å². The molecule has 12 heavy (non-hydrogen) atoms. The van der Waals surface area contributed by atoms with Gasteiger partial charge in [-0.3, -0.25) is 4.18 Å². The predicted molar refractivity (Wildman–Crippen MR) is 51.6 cm³/mol. The summed E-state index contributed by atoms with van der Waals surface area (Å²) in [6, 6.07) is 0. The molecule has 0 radical (unpaired) electrons. The fourth-order valence-electron chi connectivity index (χ4n) is 0.192. The standard InChI is InChI=1S/C4H10O3S.C4H10/c1-4(2)8(5,6)7-3;1-4(2)3/h4H,1-3H3;4H,1-3H3. The van der Waals surface area contributed by atoms with Gasteiger partial charge in [-0.2, -0.15) is 8.42 Å². The topological polar surface area (TPSA) is 43.4 Å². The van der Waals surface area contributed by atoms with E-state index >= 15 is 0 Å². The fourth-order valence-corrected chi connectivity index (χ4v) is 0.577. The second-order valence-electron chi connectivity index (χ2n) is 3.44. The predicted octanol–water partition coefficient (Wildman–Crippen LogP) is 2.03. The molecule has 0 aliphatic carbocycles. The monoisotopic (exact) mass is 196 g/mol. The third-order valence-electron chi connectivity index (χ3n) is 0.810. The Labute approximate surface area is 76.2 Å². The Morgan fingerprint density at radius 3 is 1.25 bits per heavy atom. The molecule has 4 heteroatoms. The van der Waals surface area contributed by atoms with Crippen LogP contribution >= 0.6 is 0 Å². The molecule has 0 heterocycles. The lowest BCUT2D eigenvalue weighted by atomic mass is 10.3. The zero-order valence-electron chi connectivity index (χ0n) is 8.79. The van der Waals surface area contributed by atoms with E-state index in [1.165, 1.54) is 0 Å². The molecular formula is C8H20O3S. The van der Waals surface area contributed by atoms with Crippen molar-refractivity contribution in [3.8, 4) is 0 Å². The van der Waals surface area contributed by atoms with Crippen molar-refractivity contribution < 1.29 is 12.6 Å². The lowest BCUT2D eigenvalue weighted by molar-refractivity contribution is 0.391. The molecule has 0 unspecified atom stereocenters. The molecule has 0 aliphatic heterocycles. The van der Waals surface area contributed by atoms with Gasteiger partial charge in [-0.15, -0.1) is 0 Å². The smallest absolute Gasteiger partial charge is 0.269 e. The largest absolute Gasteiger partial charge is 0.273 e. The van der Waals surface area contributed by atoms with Crippen molar-refractivity contribution in [2.24, 2.45) is 5.92 Å². The van der Waals surface area contributed by atoms with Crippen LogP contribution in [0, 0.1) is 5.92 Å². The van der Waals surface area contributed by atoms with E-state index in [0.29, 0.717) is 0 Å². The zero-order valence-corrected chi connectivity index (χ0v) is 9.60. The maximum absolute atomic E-state index is 10.5. The van der Waals surface area contributed by atoms with E-state index < -0.39 is 15.4 Å². The fraction of sp³-hybridized carbons (Fsp3) is 1.00. The molecular weight excluding hydrogens is 176 g/mol. The van der Waals surface area contributed by atoms with E-state index in [0.717, 1.165) is 13.0 Å². The van der Waals surface area contributed by atoms with Gasteiger partial charge in [0.25, 0.3) is 10.1 Å².